The first-order valence-corrected chi connectivity index (χ1v) is 9.82. The Hall–Kier alpha value is -1.91. The topological polar surface area (TPSA) is 58.2 Å². The van der Waals surface area contributed by atoms with Crippen molar-refractivity contribution in [2.45, 2.75) is 44.9 Å². The molecular weight excluding hydrogens is 331 g/mol. The van der Waals surface area contributed by atoms with Crippen molar-refractivity contribution in [2.24, 2.45) is 23.2 Å². The van der Waals surface area contributed by atoms with Gasteiger partial charge in [-0.1, -0.05) is 12.1 Å². The first-order valence-electron chi connectivity index (χ1n) is 9.82. The van der Waals surface area contributed by atoms with Gasteiger partial charge in [0.15, 0.2) is 0 Å². The number of hydrogen-bond donors (Lipinski definition) is 2. The normalized spacial score (nSPS) is 31.7. The van der Waals surface area contributed by atoms with Crippen LogP contribution in [0.4, 0.5) is 4.39 Å². The predicted octanol–water partition coefficient (Wildman–Crippen LogP) is 2.82. The molecule has 5 rings (SSSR count). The Bertz CT molecular complexity index is 650. The Labute approximate surface area is 153 Å². The summed E-state index contributed by atoms with van der Waals surface area (Å²) < 4.78 is 12.9. The minimum atomic E-state index is -0.304. The smallest absolute Gasteiger partial charge is 0.226 e. The lowest BCUT2D eigenvalue weighted by atomic mass is 9.49. The molecule has 4 aliphatic rings. The molecule has 0 aromatic heterocycles. The number of rotatable bonds is 6. The molecule has 2 amide bonds. The molecule has 0 atom stereocenters. The molecule has 0 unspecified atom stereocenters. The average Bonchev–Trinajstić information content (AvgIpc) is 2.59. The van der Waals surface area contributed by atoms with E-state index in [1.54, 1.807) is 12.1 Å². The van der Waals surface area contributed by atoms with E-state index in [0.29, 0.717) is 13.1 Å². The molecule has 4 fully saturated rings. The maximum absolute atomic E-state index is 12.9. The first kappa shape index (κ1) is 17.5. The highest BCUT2D eigenvalue weighted by molar-refractivity contribution is 5.83. The summed E-state index contributed by atoms with van der Waals surface area (Å²) in [6.45, 7) is 0.897. The number of halogens is 1. The van der Waals surface area contributed by atoms with Gasteiger partial charge >= 0.3 is 0 Å². The summed E-state index contributed by atoms with van der Waals surface area (Å²) in [5.41, 5.74) is 0.647. The Morgan fingerprint density at radius 1 is 0.923 bits per heavy atom. The summed E-state index contributed by atoms with van der Waals surface area (Å²) in [5.74, 6) is 2.04. The van der Waals surface area contributed by atoms with Crippen LogP contribution in [0, 0.1) is 29.0 Å². The molecule has 4 nitrogen and oxygen atoms in total. The van der Waals surface area contributed by atoms with Gasteiger partial charge in [0.2, 0.25) is 11.8 Å². The highest BCUT2D eigenvalue weighted by atomic mass is 19.1. The second-order valence-electron chi connectivity index (χ2n) is 8.61. The summed E-state index contributed by atoms with van der Waals surface area (Å²) in [7, 11) is 0. The van der Waals surface area contributed by atoms with Crippen molar-refractivity contribution in [1.82, 2.24) is 10.6 Å². The summed E-state index contributed by atoms with van der Waals surface area (Å²) in [4.78, 5) is 24.8. The number of hydrogen-bond acceptors (Lipinski definition) is 2. The molecule has 0 radical (unpaired) electrons. The third-order valence-electron chi connectivity index (χ3n) is 6.53. The molecule has 0 spiro atoms. The van der Waals surface area contributed by atoms with Crippen LogP contribution in [0.25, 0.3) is 0 Å². The van der Waals surface area contributed by atoms with Gasteiger partial charge in [-0.05, 0) is 74.0 Å². The standard InChI is InChI=1S/C21H27FN2O2/c22-18-3-1-14(2-4-18)10-19(25)23-5-6-24-20(26)21-11-15-7-16(12-21)9-17(8-15)13-21/h1-4,15-17H,5-13H2,(H,23,25)(H,24,26). The van der Waals surface area contributed by atoms with E-state index in [-0.39, 0.29) is 29.5 Å². The summed E-state index contributed by atoms with van der Waals surface area (Å²) in [6.07, 6.45) is 7.37. The van der Waals surface area contributed by atoms with E-state index in [1.807, 2.05) is 0 Å². The van der Waals surface area contributed by atoms with Crippen molar-refractivity contribution < 1.29 is 14.0 Å². The monoisotopic (exact) mass is 358 g/mol. The maximum atomic E-state index is 12.9. The van der Waals surface area contributed by atoms with Gasteiger partial charge in [0.05, 0.1) is 6.42 Å². The van der Waals surface area contributed by atoms with E-state index in [0.717, 1.165) is 42.6 Å². The number of carbonyl (C=O) groups is 2. The number of benzene rings is 1. The van der Waals surface area contributed by atoms with Crippen molar-refractivity contribution in [3.63, 3.8) is 0 Å². The number of carbonyl (C=O) groups excluding carboxylic acids is 2. The zero-order chi connectivity index (χ0) is 18.1. The molecule has 0 heterocycles. The van der Waals surface area contributed by atoms with Gasteiger partial charge in [-0.15, -0.1) is 0 Å². The fraction of sp³-hybridized carbons (Fsp3) is 0.619. The zero-order valence-electron chi connectivity index (χ0n) is 15.1. The van der Waals surface area contributed by atoms with E-state index in [2.05, 4.69) is 10.6 Å². The van der Waals surface area contributed by atoms with Crippen molar-refractivity contribution in [3.8, 4) is 0 Å². The fourth-order valence-corrected chi connectivity index (χ4v) is 5.80. The average molecular weight is 358 g/mol. The number of amides is 2. The van der Waals surface area contributed by atoms with E-state index in [1.165, 1.54) is 31.4 Å². The molecule has 4 saturated carbocycles. The van der Waals surface area contributed by atoms with Crippen molar-refractivity contribution in [2.75, 3.05) is 13.1 Å². The van der Waals surface area contributed by atoms with E-state index < -0.39 is 0 Å². The fourth-order valence-electron chi connectivity index (χ4n) is 5.80. The third-order valence-corrected chi connectivity index (χ3v) is 6.53. The summed E-state index contributed by atoms with van der Waals surface area (Å²) in [5, 5.41) is 5.89. The molecule has 5 heteroatoms. The van der Waals surface area contributed by atoms with Crippen LogP contribution in [0.2, 0.25) is 0 Å². The molecule has 140 valence electrons. The van der Waals surface area contributed by atoms with Crippen LogP contribution in [0.5, 0.6) is 0 Å². The predicted molar refractivity (Wildman–Crippen MR) is 96.7 cm³/mol. The van der Waals surface area contributed by atoms with E-state index in [9.17, 15) is 14.0 Å². The van der Waals surface area contributed by atoms with Crippen molar-refractivity contribution in [1.29, 1.82) is 0 Å². The van der Waals surface area contributed by atoms with Gasteiger partial charge in [-0.25, -0.2) is 4.39 Å². The number of nitrogens with one attached hydrogen (secondary N) is 2. The second kappa shape index (κ2) is 7.01. The minimum absolute atomic E-state index is 0.110. The van der Waals surface area contributed by atoms with Gasteiger partial charge in [-0.2, -0.15) is 0 Å². The van der Waals surface area contributed by atoms with Gasteiger partial charge in [-0.3, -0.25) is 9.59 Å². The maximum Gasteiger partial charge on any atom is 0.226 e. The van der Waals surface area contributed by atoms with Crippen LogP contribution in [-0.4, -0.2) is 24.9 Å². The van der Waals surface area contributed by atoms with Crippen LogP contribution in [0.15, 0.2) is 24.3 Å². The highest BCUT2D eigenvalue weighted by Crippen LogP contribution is 2.60. The molecule has 1 aromatic carbocycles. The van der Waals surface area contributed by atoms with Crippen molar-refractivity contribution >= 4 is 11.8 Å². The van der Waals surface area contributed by atoms with Crippen LogP contribution in [0.3, 0.4) is 0 Å². The second-order valence-corrected chi connectivity index (χ2v) is 8.61. The van der Waals surface area contributed by atoms with Crippen LogP contribution in [-0.2, 0) is 16.0 Å². The lowest BCUT2D eigenvalue weighted by molar-refractivity contribution is -0.146. The van der Waals surface area contributed by atoms with Crippen LogP contribution < -0.4 is 10.6 Å². The first-order chi connectivity index (χ1) is 12.5. The Morgan fingerprint density at radius 2 is 1.46 bits per heavy atom. The van der Waals surface area contributed by atoms with Crippen LogP contribution in [0.1, 0.15) is 44.1 Å². The molecule has 4 bridgehead atoms. The summed E-state index contributed by atoms with van der Waals surface area (Å²) >= 11 is 0. The molecule has 2 N–H and O–H groups in total. The van der Waals surface area contributed by atoms with Gasteiger partial charge < -0.3 is 10.6 Å². The Morgan fingerprint density at radius 3 is 2.04 bits per heavy atom. The van der Waals surface area contributed by atoms with Gasteiger partial charge in [0.25, 0.3) is 0 Å². The lowest BCUT2D eigenvalue weighted by Crippen LogP contribution is -2.54. The molecule has 0 saturated heterocycles. The SMILES string of the molecule is O=C(Cc1ccc(F)cc1)NCCNC(=O)C12CC3CC(CC(C3)C1)C2. The summed E-state index contributed by atoms with van der Waals surface area (Å²) in [6, 6.07) is 5.94. The minimum Gasteiger partial charge on any atom is -0.354 e. The van der Waals surface area contributed by atoms with E-state index >= 15 is 0 Å². The Balaban J connectivity index is 1.21. The largest absolute Gasteiger partial charge is 0.354 e. The van der Waals surface area contributed by atoms with Crippen LogP contribution >= 0.6 is 0 Å². The molecule has 1 aromatic rings. The van der Waals surface area contributed by atoms with Gasteiger partial charge in [0.1, 0.15) is 5.82 Å². The molecule has 4 aliphatic carbocycles. The highest BCUT2D eigenvalue weighted by Gasteiger charge is 2.54. The quantitative estimate of drug-likeness (QED) is 0.769. The molecular formula is C21H27FN2O2. The lowest BCUT2D eigenvalue weighted by Gasteiger charge is -2.55. The molecule has 26 heavy (non-hydrogen) atoms. The Kier molecular flexibility index (Phi) is 4.72. The molecule has 0 aliphatic heterocycles. The van der Waals surface area contributed by atoms with Gasteiger partial charge in [0, 0.05) is 18.5 Å². The third kappa shape index (κ3) is 3.62. The van der Waals surface area contributed by atoms with E-state index in [4.69, 9.17) is 0 Å². The van der Waals surface area contributed by atoms with Crippen molar-refractivity contribution in [3.05, 3.63) is 35.6 Å². The zero-order valence-corrected chi connectivity index (χ0v) is 15.1.